The summed E-state index contributed by atoms with van der Waals surface area (Å²) in [6.07, 6.45) is 27.2. The van der Waals surface area contributed by atoms with E-state index in [1.54, 1.807) is 0 Å². The highest BCUT2D eigenvalue weighted by Crippen LogP contribution is 2.34. The van der Waals surface area contributed by atoms with Crippen molar-refractivity contribution in [3.63, 3.8) is 0 Å². The van der Waals surface area contributed by atoms with E-state index in [9.17, 15) is 29.7 Å². The summed E-state index contributed by atoms with van der Waals surface area (Å²) in [5.74, 6) is -3.58. The van der Waals surface area contributed by atoms with Crippen LogP contribution < -0.4 is 5.11 Å². The summed E-state index contributed by atoms with van der Waals surface area (Å²) in [6.45, 7) is 8.04. The monoisotopic (exact) mass is 609 g/mol. The molecule has 0 saturated heterocycles. The van der Waals surface area contributed by atoms with Crippen molar-refractivity contribution in [1.82, 2.24) is 0 Å². The summed E-state index contributed by atoms with van der Waals surface area (Å²) in [5.41, 5.74) is 0. The number of carboxylic acids is 3. The lowest BCUT2D eigenvalue weighted by Crippen LogP contribution is -2.74. The summed E-state index contributed by atoms with van der Waals surface area (Å²) in [7, 11) is 0. The van der Waals surface area contributed by atoms with Gasteiger partial charge in [0.05, 0.1) is 12.5 Å². The van der Waals surface area contributed by atoms with Crippen molar-refractivity contribution in [1.29, 1.82) is 0 Å². The maximum atomic E-state index is 12.6. The predicted molar refractivity (Wildman–Crippen MR) is 175 cm³/mol. The highest BCUT2D eigenvalue weighted by atomic mass is 16.4. The van der Waals surface area contributed by atoms with Crippen molar-refractivity contribution < 1.29 is 34.2 Å². The van der Waals surface area contributed by atoms with Gasteiger partial charge in [0, 0.05) is 19.3 Å². The quantitative estimate of drug-likeness (QED) is 0.0463. The molecule has 43 heavy (non-hydrogen) atoms. The molecule has 0 rings (SSSR count). The van der Waals surface area contributed by atoms with E-state index in [0.717, 1.165) is 25.7 Å². The molecule has 0 fully saturated rings. The predicted octanol–water partition coefficient (Wildman–Crippen LogP) is 8.44. The first-order valence-corrected chi connectivity index (χ1v) is 17.9. The van der Waals surface area contributed by atoms with Crippen LogP contribution in [-0.2, 0) is 14.4 Å². The molecule has 0 radical (unpaired) electrons. The Balaban J connectivity index is 4.88. The number of quaternary nitrogens is 1. The zero-order valence-corrected chi connectivity index (χ0v) is 28.3. The molecule has 0 saturated carbocycles. The Hall–Kier alpha value is -1.89. The van der Waals surface area contributed by atoms with Crippen LogP contribution in [0.2, 0.25) is 0 Å². The fraction of sp³-hybridized carbons (Fsp3) is 0.861. The van der Waals surface area contributed by atoms with Gasteiger partial charge in [-0.15, -0.1) is 0 Å². The lowest BCUT2D eigenvalue weighted by molar-refractivity contribution is -0.975. The topological polar surface area (TPSA) is 115 Å². The maximum Gasteiger partial charge on any atom is 0.362 e. The molecule has 0 aromatic rings. The molecule has 0 bridgehead atoms. The number of carbonyl (C=O) groups excluding carboxylic acids is 1. The third-order valence-corrected chi connectivity index (χ3v) is 9.08. The Morgan fingerprint density at radius 3 is 1.23 bits per heavy atom. The van der Waals surface area contributed by atoms with Crippen molar-refractivity contribution in [2.75, 3.05) is 6.54 Å². The molecule has 252 valence electrons. The van der Waals surface area contributed by atoms with Gasteiger partial charge >= 0.3 is 11.9 Å². The van der Waals surface area contributed by atoms with E-state index >= 15 is 0 Å². The van der Waals surface area contributed by atoms with E-state index in [2.05, 4.69) is 19.1 Å². The second-order valence-corrected chi connectivity index (χ2v) is 12.6. The van der Waals surface area contributed by atoms with E-state index in [-0.39, 0.29) is 25.8 Å². The molecule has 0 heterocycles. The van der Waals surface area contributed by atoms with Crippen LogP contribution in [0.1, 0.15) is 175 Å². The number of unbranched alkanes of at least 4 members (excludes halogenated alkanes) is 15. The highest BCUT2D eigenvalue weighted by Gasteiger charge is 2.54. The fourth-order valence-corrected chi connectivity index (χ4v) is 6.80. The number of carboxylic acid groups (broad SMARTS) is 3. The highest BCUT2D eigenvalue weighted by molar-refractivity contribution is 5.77. The first-order chi connectivity index (χ1) is 20.7. The van der Waals surface area contributed by atoms with Gasteiger partial charge in [0.15, 0.2) is 12.1 Å². The smallest absolute Gasteiger partial charge is 0.362 e. The molecule has 0 aliphatic carbocycles. The van der Waals surface area contributed by atoms with E-state index < -0.39 is 40.5 Å². The van der Waals surface area contributed by atoms with Crippen molar-refractivity contribution >= 4 is 17.9 Å². The number of hydrogen-bond acceptors (Lipinski definition) is 4. The minimum absolute atomic E-state index is 0.200. The normalized spacial score (nSPS) is 15.3. The molecule has 0 aromatic carbocycles. The number of nitrogens with zero attached hydrogens (tertiary/aromatic N) is 1. The molecule has 2 N–H and O–H groups in total. The van der Waals surface area contributed by atoms with Crippen LogP contribution in [-0.4, -0.2) is 57.3 Å². The fourth-order valence-electron chi connectivity index (χ4n) is 6.80. The van der Waals surface area contributed by atoms with Gasteiger partial charge in [-0.25, -0.2) is 9.59 Å². The molecule has 0 spiro atoms. The average Bonchev–Trinajstić information content (AvgIpc) is 2.97. The van der Waals surface area contributed by atoms with Gasteiger partial charge in [0.1, 0.15) is 6.04 Å². The van der Waals surface area contributed by atoms with Gasteiger partial charge in [-0.2, -0.15) is 0 Å². The molecular weight excluding hydrogens is 542 g/mol. The molecule has 7 heteroatoms. The van der Waals surface area contributed by atoms with E-state index in [0.29, 0.717) is 25.7 Å². The zero-order chi connectivity index (χ0) is 32.3. The molecule has 3 unspecified atom stereocenters. The number of hydrogen-bond donors (Lipinski definition) is 2. The maximum absolute atomic E-state index is 12.6. The number of aliphatic carboxylic acids is 3. The van der Waals surface area contributed by atoms with E-state index in [1.165, 1.54) is 77.0 Å². The Bertz CT molecular complexity index is 692. The number of carbonyl (C=O) groups is 3. The number of allylic oxidation sites excluding steroid dienone is 2. The van der Waals surface area contributed by atoms with Gasteiger partial charge in [-0.05, 0) is 51.4 Å². The van der Waals surface area contributed by atoms with E-state index in [1.807, 2.05) is 20.8 Å². The van der Waals surface area contributed by atoms with Crippen LogP contribution in [0, 0.1) is 0 Å². The van der Waals surface area contributed by atoms with E-state index in [4.69, 9.17) is 0 Å². The Kier molecular flexibility index (Phi) is 25.3. The second kappa shape index (κ2) is 26.5. The molecule has 0 aliphatic heterocycles. The summed E-state index contributed by atoms with van der Waals surface area (Å²) >= 11 is 0. The van der Waals surface area contributed by atoms with Gasteiger partial charge in [-0.1, -0.05) is 117 Å². The molecule has 0 amide bonds. The molecule has 0 aromatic heterocycles. The average molecular weight is 610 g/mol. The Morgan fingerprint density at radius 1 is 0.535 bits per heavy atom. The van der Waals surface area contributed by atoms with Crippen molar-refractivity contribution in [2.24, 2.45) is 0 Å². The standard InChI is InChI=1S/C36H67NO6/c1-5-9-10-11-12-13-14-15-16-17-18-19-20-21-22-23-24-25-26-30-37(31(27-6-2)34(38)39,32(28-7-3)35(40)41)33(29-8-4)36(42)43/h21-22,31-33H,5-20,23-30H2,1-4H3,(H2-,38,39,40,41,42,43)/b22-21+. The first-order valence-electron chi connectivity index (χ1n) is 17.9. The lowest BCUT2D eigenvalue weighted by atomic mass is 9.91. The lowest BCUT2D eigenvalue weighted by Gasteiger charge is -2.52. The van der Waals surface area contributed by atoms with Crippen molar-refractivity contribution in [2.45, 2.75) is 193 Å². The van der Waals surface area contributed by atoms with Crippen LogP contribution in [0.15, 0.2) is 12.2 Å². The molecular formula is C36H67NO6. The summed E-state index contributed by atoms with van der Waals surface area (Å²) in [4.78, 5) is 37.6. The van der Waals surface area contributed by atoms with Crippen LogP contribution in [0.4, 0.5) is 0 Å². The van der Waals surface area contributed by atoms with Gasteiger partial charge in [-0.3, -0.25) is 4.48 Å². The van der Waals surface area contributed by atoms with Crippen LogP contribution in [0.5, 0.6) is 0 Å². The van der Waals surface area contributed by atoms with Gasteiger partial charge < -0.3 is 20.1 Å². The van der Waals surface area contributed by atoms with Crippen molar-refractivity contribution in [3.8, 4) is 0 Å². The summed E-state index contributed by atoms with van der Waals surface area (Å²) in [6, 6.07) is -3.36. The molecule has 3 atom stereocenters. The minimum atomic E-state index is -1.34. The number of rotatable bonds is 31. The molecule has 0 aliphatic rings. The summed E-state index contributed by atoms with van der Waals surface area (Å²) in [5, 5.41) is 33.0. The largest absolute Gasteiger partial charge is 0.544 e. The Labute approximate surface area is 264 Å². The minimum Gasteiger partial charge on any atom is -0.544 e. The van der Waals surface area contributed by atoms with Crippen LogP contribution in [0.3, 0.4) is 0 Å². The van der Waals surface area contributed by atoms with Gasteiger partial charge in [0.2, 0.25) is 0 Å². The third-order valence-electron chi connectivity index (χ3n) is 9.08. The van der Waals surface area contributed by atoms with Crippen molar-refractivity contribution in [3.05, 3.63) is 12.2 Å². The Morgan fingerprint density at radius 2 is 0.884 bits per heavy atom. The zero-order valence-electron chi connectivity index (χ0n) is 28.3. The van der Waals surface area contributed by atoms with Crippen LogP contribution in [0.25, 0.3) is 0 Å². The third kappa shape index (κ3) is 16.7. The SMILES string of the molecule is CCCCCCCCCCCCCC/C=C/CCCCC[N+](C(CCC)C(=O)[O-])(C(CCC)C(=O)O)C(CCC)C(=O)O. The summed E-state index contributed by atoms with van der Waals surface area (Å²) < 4.78 is -0.447. The second-order valence-electron chi connectivity index (χ2n) is 12.6. The van der Waals surface area contributed by atoms with Crippen LogP contribution >= 0.6 is 0 Å². The first kappa shape index (κ1) is 41.1. The molecule has 7 nitrogen and oxygen atoms in total. The van der Waals surface area contributed by atoms with Gasteiger partial charge in [0.25, 0.3) is 0 Å².